The van der Waals surface area contributed by atoms with E-state index >= 15 is 0 Å². The van der Waals surface area contributed by atoms with Crippen molar-refractivity contribution in [3.8, 4) is 0 Å². The molecule has 1 aromatic carbocycles. The van der Waals surface area contributed by atoms with Crippen molar-refractivity contribution in [2.24, 2.45) is 0 Å². The van der Waals surface area contributed by atoms with Crippen LogP contribution in [0.4, 0.5) is 0 Å². The Hall–Kier alpha value is -0.111. The molecule has 0 N–H and O–H groups in total. The van der Waals surface area contributed by atoms with Crippen molar-refractivity contribution in [3.63, 3.8) is 0 Å². The molecule has 1 nitrogen and oxygen atoms in total. The molecule has 0 unspecified atom stereocenters. The molecule has 0 amide bonds. The fraction of sp³-hybridized carbons (Fsp3) is 0.300. The summed E-state index contributed by atoms with van der Waals surface area (Å²) in [6.07, 6.45) is 0. The van der Waals surface area contributed by atoms with Gasteiger partial charge in [0, 0.05) is 0 Å². The fourth-order valence-electron chi connectivity index (χ4n) is 0.914. The van der Waals surface area contributed by atoms with Crippen LogP contribution in [-0.2, 0) is 0 Å². The molecule has 0 spiro atoms. The topological polar surface area (TPSA) is 17.1 Å². The summed E-state index contributed by atoms with van der Waals surface area (Å²) >= 11 is 3.82. The molecule has 0 aliphatic heterocycles. The van der Waals surface area contributed by atoms with Crippen LogP contribution in [0.2, 0.25) is 10.6 Å². The maximum absolute atomic E-state index is 11.5. The molecule has 0 fully saturated rings. The summed E-state index contributed by atoms with van der Waals surface area (Å²) in [5.74, 6) is 0.273. The molecular weight excluding hydrogens is 295 g/mol. The van der Waals surface area contributed by atoms with Crippen molar-refractivity contribution in [3.05, 3.63) is 34.3 Å². The zero-order chi connectivity index (χ0) is 9.68. The summed E-state index contributed by atoms with van der Waals surface area (Å²) in [5, 5.41) is 1.86. The molecule has 0 saturated heterocycles. The molecule has 0 radical (unpaired) electrons. The van der Waals surface area contributed by atoms with E-state index in [0.717, 1.165) is 20.7 Å². The Labute approximate surface area is 93.2 Å². The SMILES string of the molecule is CC[Se]CC(=O)c1ccc(Br)cc1. The van der Waals surface area contributed by atoms with Gasteiger partial charge in [-0.2, -0.15) is 0 Å². The van der Waals surface area contributed by atoms with E-state index in [1.165, 1.54) is 0 Å². The molecule has 3 heteroatoms. The van der Waals surface area contributed by atoms with Crippen molar-refractivity contribution < 1.29 is 4.79 Å². The third kappa shape index (κ3) is 3.63. The van der Waals surface area contributed by atoms with E-state index < -0.39 is 0 Å². The zero-order valence-electron chi connectivity index (χ0n) is 7.42. The first-order valence-electron chi connectivity index (χ1n) is 4.10. The summed E-state index contributed by atoms with van der Waals surface area (Å²) < 4.78 is 1.02. The van der Waals surface area contributed by atoms with Gasteiger partial charge < -0.3 is 0 Å². The molecule has 0 aliphatic rings. The zero-order valence-corrected chi connectivity index (χ0v) is 10.7. The van der Waals surface area contributed by atoms with Gasteiger partial charge in [-0.1, -0.05) is 0 Å². The van der Waals surface area contributed by atoms with Crippen LogP contribution >= 0.6 is 15.9 Å². The second-order valence-electron chi connectivity index (χ2n) is 2.57. The quantitative estimate of drug-likeness (QED) is 0.617. The molecule has 0 atom stereocenters. The number of hydrogen-bond donors (Lipinski definition) is 0. The van der Waals surface area contributed by atoms with Crippen molar-refractivity contribution >= 4 is 36.7 Å². The van der Waals surface area contributed by atoms with Gasteiger partial charge in [-0.3, -0.25) is 0 Å². The third-order valence-corrected chi connectivity index (χ3v) is 3.97. The van der Waals surface area contributed by atoms with Crippen molar-refractivity contribution in [2.75, 3.05) is 0 Å². The third-order valence-electron chi connectivity index (χ3n) is 1.60. The van der Waals surface area contributed by atoms with E-state index in [0.29, 0.717) is 15.0 Å². The monoisotopic (exact) mass is 306 g/mol. The number of hydrogen-bond acceptors (Lipinski definition) is 1. The van der Waals surface area contributed by atoms with Gasteiger partial charge in [-0.15, -0.1) is 0 Å². The van der Waals surface area contributed by atoms with E-state index in [2.05, 4.69) is 22.9 Å². The van der Waals surface area contributed by atoms with Crippen LogP contribution < -0.4 is 0 Å². The van der Waals surface area contributed by atoms with E-state index in [-0.39, 0.29) is 5.78 Å². The maximum atomic E-state index is 11.5. The second-order valence-corrected chi connectivity index (χ2v) is 6.16. The van der Waals surface area contributed by atoms with Crippen LogP contribution in [0.15, 0.2) is 28.7 Å². The number of ketones is 1. The van der Waals surface area contributed by atoms with E-state index in [9.17, 15) is 4.79 Å². The summed E-state index contributed by atoms with van der Waals surface area (Å²) in [6, 6.07) is 7.56. The Bertz CT molecular complexity index is 281. The predicted molar refractivity (Wildman–Crippen MR) is 59.5 cm³/mol. The van der Waals surface area contributed by atoms with Gasteiger partial charge in [-0.25, -0.2) is 0 Å². The summed E-state index contributed by atoms with van der Waals surface area (Å²) in [7, 11) is 0. The molecule has 0 heterocycles. The number of carbonyl (C=O) groups excluding carboxylic acids is 1. The van der Waals surface area contributed by atoms with Gasteiger partial charge in [0.15, 0.2) is 0 Å². The van der Waals surface area contributed by atoms with Crippen LogP contribution in [0, 0.1) is 0 Å². The first-order chi connectivity index (χ1) is 6.24. The Balaban J connectivity index is 2.61. The fourth-order valence-corrected chi connectivity index (χ4v) is 2.35. The Kier molecular flexibility index (Phi) is 4.71. The van der Waals surface area contributed by atoms with Gasteiger partial charge in [0.25, 0.3) is 0 Å². The standard InChI is InChI=1S/C10H11BrOSe/c1-2-13-7-10(12)8-3-5-9(11)6-4-8/h3-6H,2,7H2,1H3. The van der Waals surface area contributed by atoms with Crippen LogP contribution in [0.3, 0.4) is 0 Å². The second kappa shape index (κ2) is 5.58. The van der Waals surface area contributed by atoms with E-state index in [1.807, 2.05) is 24.3 Å². The Morgan fingerprint density at radius 2 is 2.00 bits per heavy atom. The number of carbonyl (C=O) groups is 1. The van der Waals surface area contributed by atoms with Crippen LogP contribution in [0.25, 0.3) is 0 Å². The van der Waals surface area contributed by atoms with Crippen molar-refractivity contribution in [1.82, 2.24) is 0 Å². The van der Waals surface area contributed by atoms with Gasteiger partial charge in [0.1, 0.15) is 0 Å². The van der Waals surface area contributed by atoms with Gasteiger partial charge in [0.2, 0.25) is 0 Å². The molecule has 0 saturated carbocycles. The number of Topliss-reactive ketones (excluding diaryl/α,β-unsaturated/α-hetero) is 1. The number of halogens is 1. The average molecular weight is 306 g/mol. The molecule has 1 rings (SSSR count). The van der Waals surface area contributed by atoms with Crippen LogP contribution in [-0.4, -0.2) is 20.7 Å². The van der Waals surface area contributed by atoms with Gasteiger partial charge in [0.05, 0.1) is 0 Å². The molecule has 13 heavy (non-hydrogen) atoms. The van der Waals surface area contributed by atoms with Crippen molar-refractivity contribution in [1.29, 1.82) is 0 Å². The minimum atomic E-state index is 0.273. The van der Waals surface area contributed by atoms with Crippen LogP contribution in [0.5, 0.6) is 0 Å². The predicted octanol–water partition coefficient (Wildman–Crippen LogP) is 3.19. The van der Waals surface area contributed by atoms with Gasteiger partial charge in [-0.05, 0) is 0 Å². The minimum absolute atomic E-state index is 0.273. The summed E-state index contributed by atoms with van der Waals surface area (Å²) in [6.45, 7) is 2.12. The molecule has 0 aromatic heterocycles. The van der Waals surface area contributed by atoms with E-state index in [1.54, 1.807) is 0 Å². The van der Waals surface area contributed by atoms with Crippen molar-refractivity contribution in [2.45, 2.75) is 17.6 Å². The number of rotatable bonds is 4. The summed E-state index contributed by atoms with van der Waals surface area (Å²) in [4.78, 5) is 11.5. The Morgan fingerprint density at radius 1 is 1.38 bits per heavy atom. The van der Waals surface area contributed by atoms with Gasteiger partial charge >= 0.3 is 93.3 Å². The first-order valence-corrected chi connectivity index (χ1v) is 7.32. The van der Waals surface area contributed by atoms with Crippen LogP contribution in [0.1, 0.15) is 17.3 Å². The molecule has 0 bridgehead atoms. The summed E-state index contributed by atoms with van der Waals surface area (Å²) in [5.41, 5.74) is 0.832. The molecule has 1 aromatic rings. The first kappa shape index (κ1) is 11.0. The normalized spacial score (nSPS) is 10.0. The molecule has 70 valence electrons. The average Bonchev–Trinajstić information content (AvgIpc) is 2.15. The Morgan fingerprint density at radius 3 is 2.54 bits per heavy atom. The molecular formula is C10H11BrOSe. The van der Waals surface area contributed by atoms with E-state index in [4.69, 9.17) is 0 Å². The number of benzene rings is 1. The molecule has 0 aliphatic carbocycles.